The van der Waals surface area contributed by atoms with E-state index in [4.69, 9.17) is 9.52 Å². The summed E-state index contributed by atoms with van der Waals surface area (Å²) in [6.45, 7) is 2.80. The number of amidine groups is 1. The molecule has 0 radical (unpaired) electrons. The number of carbonyl (C=O) groups excluding carboxylic acids is 1. The molecule has 1 amide bonds. The molecule has 2 aliphatic heterocycles. The van der Waals surface area contributed by atoms with E-state index in [9.17, 15) is 18.4 Å². The maximum Gasteiger partial charge on any atom is 0.439 e. The monoisotopic (exact) mass is 563 g/mol. The molecule has 1 aliphatic carbocycles. The van der Waals surface area contributed by atoms with Crippen molar-refractivity contribution in [2.45, 2.75) is 82.7 Å². The number of halogens is 2. The highest BCUT2D eigenvalue weighted by Crippen LogP contribution is 2.41. The van der Waals surface area contributed by atoms with E-state index in [2.05, 4.69) is 17.1 Å². The second-order valence-electron chi connectivity index (χ2n) is 11.5. The van der Waals surface area contributed by atoms with Gasteiger partial charge in [0.05, 0.1) is 13.1 Å². The number of nitrogens with zero attached hydrogens (tertiary/aromatic N) is 4. The van der Waals surface area contributed by atoms with Gasteiger partial charge >= 0.3 is 5.76 Å². The number of rotatable bonds is 8. The first-order valence-electron chi connectivity index (χ1n) is 14.6. The highest BCUT2D eigenvalue weighted by atomic mass is 19.3. The first kappa shape index (κ1) is 27.4. The fourth-order valence-corrected chi connectivity index (χ4v) is 6.38. The molecule has 3 aliphatic rings. The fraction of sp³-hybridized carbons (Fsp3) is 0.484. The summed E-state index contributed by atoms with van der Waals surface area (Å²) in [5.41, 5.74) is 3.28. The van der Waals surface area contributed by atoms with Gasteiger partial charge in [0.2, 0.25) is 0 Å². The molecule has 1 saturated heterocycles. The molecule has 1 saturated carbocycles. The third-order valence-electron chi connectivity index (χ3n) is 8.54. The van der Waals surface area contributed by atoms with Crippen LogP contribution in [0, 0.1) is 0 Å². The Kier molecular flexibility index (Phi) is 7.25. The quantitative estimate of drug-likeness (QED) is 0.353. The number of amides is 1. The molecule has 6 rings (SSSR count). The Balaban J connectivity index is 1.30. The Bertz CT molecular complexity index is 1500. The molecule has 10 heteroatoms. The lowest BCUT2D eigenvalue weighted by molar-refractivity contribution is -0.131. The van der Waals surface area contributed by atoms with Crippen molar-refractivity contribution in [3.05, 3.63) is 58.6 Å². The molecule has 3 heterocycles. The molecule has 3 aromatic rings. The van der Waals surface area contributed by atoms with Crippen molar-refractivity contribution in [3.8, 4) is 22.5 Å². The maximum absolute atomic E-state index is 14.2. The number of aromatic amines is 1. The molecular weight excluding hydrogens is 528 g/mol. The van der Waals surface area contributed by atoms with Gasteiger partial charge in [0, 0.05) is 30.6 Å². The predicted molar refractivity (Wildman–Crippen MR) is 153 cm³/mol. The van der Waals surface area contributed by atoms with E-state index < -0.39 is 17.2 Å². The number of unbranched alkanes of at least 4 members (excludes halogenated alkanes) is 1. The summed E-state index contributed by atoms with van der Waals surface area (Å²) in [6, 6.07) is 13.3. The highest BCUT2D eigenvalue weighted by molar-refractivity contribution is 6.08. The van der Waals surface area contributed by atoms with Crippen LogP contribution in [0.4, 0.5) is 14.5 Å². The second-order valence-corrected chi connectivity index (χ2v) is 11.5. The molecule has 2 aromatic carbocycles. The smallest absolute Gasteiger partial charge is 0.365 e. The van der Waals surface area contributed by atoms with Crippen LogP contribution >= 0.6 is 0 Å². The van der Waals surface area contributed by atoms with Crippen molar-refractivity contribution in [2.24, 2.45) is 4.99 Å². The van der Waals surface area contributed by atoms with Gasteiger partial charge < -0.3 is 4.90 Å². The molecule has 0 bridgehead atoms. The van der Waals surface area contributed by atoms with Crippen LogP contribution in [0.3, 0.4) is 0 Å². The van der Waals surface area contributed by atoms with E-state index in [-0.39, 0.29) is 24.7 Å². The number of benzene rings is 2. The highest BCUT2D eigenvalue weighted by Gasteiger charge is 2.49. The largest absolute Gasteiger partial charge is 0.439 e. The Morgan fingerprint density at radius 1 is 1.00 bits per heavy atom. The molecule has 8 nitrogen and oxygen atoms in total. The maximum atomic E-state index is 14.2. The van der Waals surface area contributed by atoms with E-state index >= 15 is 0 Å². The first-order valence-corrected chi connectivity index (χ1v) is 14.6. The van der Waals surface area contributed by atoms with Crippen LogP contribution < -0.4 is 10.7 Å². The van der Waals surface area contributed by atoms with Crippen LogP contribution in [0.5, 0.6) is 0 Å². The summed E-state index contributed by atoms with van der Waals surface area (Å²) in [5, 5.41) is 3.87. The van der Waals surface area contributed by atoms with Crippen LogP contribution in [0.1, 0.15) is 70.3 Å². The van der Waals surface area contributed by atoms with Crippen molar-refractivity contribution in [1.29, 1.82) is 0 Å². The zero-order valence-corrected chi connectivity index (χ0v) is 23.3. The van der Waals surface area contributed by atoms with Gasteiger partial charge in [0.1, 0.15) is 11.4 Å². The van der Waals surface area contributed by atoms with E-state index in [1.165, 1.54) is 0 Å². The Hall–Kier alpha value is -3.82. The van der Waals surface area contributed by atoms with E-state index in [0.717, 1.165) is 67.5 Å². The molecule has 0 atom stereocenters. The molecule has 41 heavy (non-hydrogen) atoms. The minimum absolute atomic E-state index is 0.110. The standard InChI is InChI=1S/C31H35F2N5O3/c1-2-3-7-26-35-30(14-4-5-15-30)28(39)38(26)19-21-8-10-22(11-9-21)25-18-23(37-17-6-16-31(32,33)20-37)12-13-24(25)27-34-29(40)41-36-27/h8-13,18H,2-7,14-17,19-20H2,1H3,(H,34,36,40). The van der Waals surface area contributed by atoms with Crippen molar-refractivity contribution < 1.29 is 18.1 Å². The first-order chi connectivity index (χ1) is 19.8. The van der Waals surface area contributed by atoms with Gasteiger partial charge in [0.25, 0.3) is 11.8 Å². The molecule has 0 unspecified atom stereocenters. The Morgan fingerprint density at radius 3 is 2.46 bits per heavy atom. The number of aromatic nitrogens is 2. The third-order valence-corrected chi connectivity index (χ3v) is 8.54. The summed E-state index contributed by atoms with van der Waals surface area (Å²) in [6.07, 6.45) is 6.84. The number of aliphatic imine (C=N–C) groups is 1. The average molecular weight is 564 g/mol. The number of carbonyl (C=O) groups is 1. The number of hydrogen-bond donors (Lipinski definition) is 1. The van der Waals surface area contributed by atoms with Crippen molar-refractivity contribution in [1.82, 2.24) is 15.0 Å². The summed E-state index contributed by atoms with van der Waals surface area (Å²) in [4.78, 5) is 36.4. The van der Waals surface area contributed by atoms with E-state index in [1.807, 2.05) is 35.2 Å². The third kappa shape index (κ3) is 5.44. The van der Waals surface area contributed by atoms with Crippen molar-refractivity contribution in [3.63, 3.8) is 0 Å². The van der Waals surface area contributed by atoms with Gasteiger partial charge in [-0.1, -0.05) is 55.6 Å². The molecule has 216 valence electrons. The van der Waals surface area contributed by atoms with Crippen molar-refractivity contribution >= 4 is 17.4 Å². The molecule has 1 aromatic heterocycles. The van der Waals surface area contributed by atoms with Gasteiger partial charge in [0.15, 0.2) is 5.82 Å². The summed E-state index contributed by atoms with van der Waals surface area (Å²) in [7, 11) is 0. The number of piperidine rings is 1. The van der Waals surface area contributed by atoms with Gasteiger partial charge in [-0.15, -0.1) is 0 Å². The van der Waals surface area contributed by atoms with E-state index in [0.29, 0.717) is 30.8 Å². The Morgan fingerprint density at radius 2 is 1.78 bits per heavy atom. The molecule has 1 N–H and O–H groups in total. The minimum Gasteiger partial charge on any atom is -0.365 e. The minimum atomic E-state index is -2.74. The topological polar surface area (TPSA) is 94.8 Å². The number of alkyl halides is 2. The van der Waals surface area contributed by atoms with Gasteiger partial charge in [-0.2, -0.15) is 0 Å². The van der Waals surface area contributed by atoms with E-state index in [1.54, 1.807) is 17.0 Å². The lowest BCUT2D eigenvalue weighted by Crippen LogP contribution is -2.42. The van der Waals surface area contributed by atoms with Crippen LogP contribution in [-0.4, -0.2) is 51.3 Å². The van der Waals surface area contributed by atoms with Crippen LogP contribution in [0.2, 0.25) is 0 Å². The summed E-state index contributed by atoms with van der Waals surface area (Å²) >= 11 is 0. The Labute approximate surface area is 237 Å². The average Bonchev–Trinajstić information content (AvgIpc) is 3.68. The van der Waals surface area contributed by atoms with Crippen LogP contribution in [-0.2, 0) is 11.3 Å². The number of anilines is 1. The zero-order chi connectivity index (χ0) is 28.6. The normalized spacial score (nSPS) is 19.8. The predicted octanol–water partition coefficient (Wildman–Crippen LogP) is 6.18. The number of hydrogen-bond acceptors (Lipinski definition) is 6. The molecule has 2 fully saturated rings. The number of H-pyrrole nitrogens is 1. The van der Waals surface area contributed by atoms with Crippen LogP contribution in [0.25, 0.3) is 22.5 Å². The van der Waals surface area contributed by atoms with Crippen LogP contribution in [0.15, 0.2) is 56.8 Å². The molecular formula is C31H35F2N5O3. The zero-order valence-electron chi connectivity index (χ0n) is 23.3. The van der Waals surface area contributed by atoms with Gasteiger partial charge in [-0.05, 0) is 60.6 Å². The summed E-state index contributed by atoms with van der Waals surface area (Å²) < 4.78 is 33.2. The lowest BCUT2D eigenvalue weighted by atomic mass is 9.96. The molecule has 1 spiro atoms. The fourth-order valence-electron chi connectivity index (χ4n) is 6.38. The van der Waals surface area contributed by atoms with Gasteiger partial charge in [-0.25, -0.2) is 13.6 Å². The SMILES string of the molecule is CCCCC1=NC2(CCCC2)C(=O)N1Cc1ccc(-c2cc(N3CCCC(F)(F)C3)ccc2-c2noc(=O)[nH]2)cc1. The lowest BCUT2D eigenvalue weighted by Gasteiger charge is -2.34. The van der Waals surface area contributed by atoms with Crippen molar-refractivity contribution in [2.75, 3.05) is 18.0 Å². The van der Waals surface area contributed by atoms with Gasteiger partial charge in [-0.3, -0.25) is 24.2 Å². The second kappa shape index (κ2) is 10.9. The summed E-state index contributed by atoms with van der Waals surface area (Å²) in [5.74, 6) is -2.12. The number of nitrogens with one attached hydrogen (secondary N) is 1.